The topological polar surface area (TPSA) is 113 Å². The maximum Gasteiger partial charge on any atom is 0.303 e. The largest absolute Gasteiger partial charge is 0.493 e. The molecule has 10 heteroatoms. The number of benzene rings is 1. The van der Waals surface area contributed by atoms with Crippen LogP contribution in [0.3, 0.4) is 0 Å². The highest BCUT2D eigenvalue weighted by Gasteiger charge is 2.29. The Bertz CT molecular complexity index is 1050. The fraction of sp³-hybridized carbons (Fsp3) is 0.176. The normalized spacial score (nSPS) is 14.9. The highest BCUT2D eigenvalue weighted by atomic mass is 35.5. The predicted octanol–water partition coefficient (Wildman–Crippen LogP) is 4.14. The smallest absolute Gasteiger partial charge is 0.303 e. The highest BCUT2D eigenvalue weighted by Crippen LogP contribution is 2.34. The monoisotopic (exact) mass is 424 g/mol. The molecule has 7 nitrogen and oxygen atoms in total. The number of carboxylic acid groups (broad SMARTS) is 1. The van der Waals surface area contributed by atoms with Crippen molar-refractivity contribution >= 4 is 58.9 Å². The SMILES string of the molecule is N=C1Oc2ccc(Cl)cc2C(=O)C1=Cc1sc(=S)n(CCCC(=O)O)c1O. The minimum atomic E-state index is -0.936. The number of carbonyl (C=O) groups is 2. The van der Waals surface area contributed by atoms with Crippen LogP contribution in [0.4, 0.5) is 0 Å². The molecule has 0 aliphatic carbocycles. The number of rotatable bonds is 5. The van der Waals surface area contributed by atoms with E-state index in [0.717, 1.165) is 11.3 Å². The first-order valence-electron chi connectivity index (χ1n) is 7.75. The number of thiazole rings is 1. The van der Waals surface area contributed by atoms with E-state index in [1.807, 2.05) is 0 Å². The summed E-state index contributed by atoms with van der Waals surface area (Å²) in [6, 6.07) is 4.53. The Morgan fingerprint density at radius 3 is 2.89 bits per heavy atom. The van der Waals surface area contributed by atoms with Crippen LogP contribution in [0.1, 0.15) is 28.1 Å². The van der Waals surface area contributed by atoms with Crippen LogP contribution in [-0.2, 0) is 11.3 Å². The van der Waals surface area contributed by atoms with Crippen LogP contribution in [-0.4, -0.2) is 32.4 Å². The highest BCUT2D eigenvalue weighted by molar-refractivity contribution is 7.73. The van der Waals surface area contributed by atoms with E-state index in [2.05, 4.69) is 0 Å². The number of Topliss-reactive ketones (excluding diaryl/α,β-unsaturated/α-hetero) is 1. The molecule has 0 saturated heterocycles. The van der Waals surface area contributed by atoms with Gasteiger partial charge in [0.15, 0.2) is 3.95 Å². The summed E-state index contributed by atoms with van der Waals surface area (Å²) in [6.45, 7) is 0.233. The van der Waals surface area contributed by atoms with Crippen molar-refractivity contribution in [2.45, 2.75) is 19.4 Å². The summed E-state index contributed by atoms with van der Waals surface area (Å²) in [4.78, 5) is 23.6. The second kappa shape index (κ2) is 7.63. The second-order valence-corrected chi connectivity index (χ2v) is 7.78. The summed E-state index contributed by atoms with van der Waals surface area (Å²) in [5.74, 6) is -1.66. The van der Waals surface area contributed by atoms with Crippen molar-refractivity contribution < 1.29 is 24.5 Å². The number of hydrogen-bond acceptors (Lipinski definition) is 7. The molecular formula is C17H13ClN2O5S2. The van der Waals surface area contributed by atoms with Gasteiger partial charge in [0.05, 0.1) is 16.0 Å². The van der Waals surface area contributed by atoms with Crippen LogP contribution >= 0.6 is 35.2 Å². The number of aromatic nitrogens is 1. The number of halogens is 1. The molecule has 0 bridgehead atoms. The minimum Gasteiger partial charge on any atom is -0.493 e. The third kappa shape index (κ3) is 3.95. The molecule has 3 rings (SSSR count). The van der Waals surface area contributed by atoms with Gasteiger partial charge >= 0.3 is 5.97 Å². The summed E-state index contributed by atoms with van der Waals surface area (Å²) in [5.41, 5.74) is 0.197. The van der Waals surface area contributed by atoms with Crippen molar-refractivity contribution in [3.05, 3.63) is 43.2 Å². The van der Waals surface area contributed by atoms with E-state index in [0.29, 0.717) is 15.4 Å². The van der Waals surface area contributed by atoms with Crippen molar-refractivity contribution in [2.75, 3.05) is 0 Å². The van der Waals surface area contributed by atoms with Crippen LogP contribution < -0.4 is 4.74 Å². The number of nitrogens with zero attached hydrogens (tertiary/aromatic N) is 1. The average molecular weight is 425 g/mol. The molecule has 3 N–H and O–H groups in total. The summed E-state index contributed by atoms with van der Waals surface area (Å²) < 4.78 is 7.11. The van der Waals surface area contributed by atoms with Gasteiger partial charge in [-0.3, -0.25) is 19.6 Å². The third-order valence-electron chi connectivity index (χ3n) is 3.83. The number of aliphatic carboxylic acids is 1. The Morgan fingerprint density at radius 1 is 1.44 bits per heavy atom. The number of carboxylic acids is 1. The molecule has 1 aliphatic heterocycles. The molecule has 2 heterocycles. The van der Waals surface area contributed by atoms with Gasteiger partial charge in [-0.05, 0) is 42.9 Å². The molecule has 1 aromatic heterocycles. The molecule has 1 aromatic carbocycles. The molecular weight excluding hydrogens is 412 g/mol. The molecule has 0 spiro atoms. The average Bonchev–Trinajstić information content (AvgIpc) is 2.86. The van der Waals surface area contributed by atoms with Crippen LogP contribution in [0.25, 0.3) is 6.08 Å². The van der Waals surface area contributed by atoms with Crippen molar-refractivity contribution in [3.63, 3.8) is 0 Å². The standard InChI is InChI=1S/C17H13ClN2O5S2/c18-8-3-4-11-9(6-8)14(23)10(15(19)25-11)7-12-16(24)20(17(26)27-12)5-1-2-13(21)22/h3-4,6-7,19,24H,1-2,5H2,(H,21,22). The summed E-state index contributed by atoms with van der Waals surface area (Å²) >= 11 is 12.2. The van der Waals surface area contributed by atoms with Gasteiger partial charge in [0.25, 0.3) is 0 Å². The fourth-order valence-electron chi connectivity index (χ4n) is 2.54. The summed E-state index contributed by atoms with van der Waals surface area (Å²) in [6.07, 6.45) is 1.59. The van der Waals surface area contributed by atoms with Gasteiger partial charge in [0.1, 0.15) is 5.75 Å². The van der Waals surface area contributed by atoms with Gasteiger partial charge in [-0.25, -0.2) is 0 Å². The van der Waals surface area contributed by atoms with E-state index in [-0.39, 0.29) is 46.5 Å². The van der Waals surface area contributed by atoms with E-state index in [1.54, 1.807) is 6.07 Å². The van der Waals surface area contributed by atoms with E-state index < -0.39 is 11.8 Å². The van der Waals surface area contributed by atoms with Crippen molar-refractivity contribution in [2.24, 2.45) is 0 Å². The number of fused-ring (bicyclic) bond motifs is 1. The number of aromatic hydroxyl groups is 1. The van der Waals surface area contributed by atoms with Crippen LogP contribution in [0.2, 0.25) is 5.02 Å². The second-order valence-electron chi connectivity index (χ2n) is 5.66. The van der Waals surface area contributed by atoms with E-state index >= 15 is 0 Å². The molecule has 27 heavy (non-hydrogen) atoms. The Balaban J connectivity index is 1.95. The number of ether oxygens (including phenoxy) is 1. The summed E-state index contributed by atoms with van der Waals surface area (Å²) in [5, 5.41) is 27.5. The first-order valence-corrected chi connectivity index (χ1v) is 9.35. The first kappa shape index (κ1) is 19.3. The van der Waals surface area contributed by atoms with Gasteiger partial charge in [0.2, 0.25) is 17.6 Å². The Labute approximate surface area is 167 Å². The molecule has 140 valence electrons. The van der Waals surface area contributed by atoms with Crippen molar-refractivity contribution in [3.8, 4) is 11.6 Å². The molecule has 0 saturated carbocycles. The van der Waals surface area contributed by atoms with Gasteiger partial charge in [-0.2, -0.15) is 0 Å². The van der Waals surface area contributed by atoms with Gasteiger partial charge in [-0.15, -0.1) is 11.3 Å². The van der Waals surface area contributed by atoms with E-state index in [1.165, 1.54) is 22.8 Å². The van der Waals surface area contributed by atoms with E-state index in [4.69, 9.17) is 39.1 Å². The predicted molar refractivity (Wildman–Crippen MR) is 104 cm³/mol. The van der Waals surface area contributed by atoms with E-state index in [9.17, 15) is 14.7 Å². The minimum absolute atomic E-state index is 0.0333. The fourth-order valence-corrected chi connectivity index (χ4v) is 4.01. The molecule has 0 unspecified atom stereocenters. The zero-order valence-electron chi connectivity index (χ0n) is 13.7. The molecule has 0 fully saturated rings. The Kier molecular flexibility index (Phi) is 5.45. The summed E-state index contributed by atoms with van der Waals surface area (Å²) in [7, 11) is 0. The van der Waals surface area contributed by atoms with Crippen molar-refractivity contribution in [1.29, 1.82) is 5.41 Å². The van der Waals surface area contributed by atoms with Crippen LogP contribution in [0, 0.1) is 9.36 Å². The van der Waals surface area contributed by atoms with Gasteiger partial charge in [-0.1, -0.05) is 11.6 Å². The van der Waals surface area contributed by atoms with Gasteiger partial charge < -0.3 is 14.9 Å². The molecule has 0 amide bonds. The maximum atomic E-state index is 12.7. The van der Waals surface area contributed by atoms with Crippen molar-refractivity contribution in [1.82, 2.24) is 4.57 Å². The zero-order valence-corrected chi connectivity index (χ0v) is 16.1. The Hall–Kier alpha value is -2.49. The lowest BCUT2D eigenvalue weighted by Crippen LogP contribution is -2.24. The Morgan fingerprint density at radius 2 is 2.19 bits per heavy atom. The molecule has 0 atom stereocenters. The quantitative estimate of drug-likeness (QED) is 0.491. The van der Waals surface area contributed by atoms with Gasteiger partial charge in [0, 0.05) is 18.0 Å². The number of carbonyl (C=O) groups excluding carboxylic acids is 1. The lowest BCUT2D eigenvalue weighted by Gasteiger charge is -2.18. The first-order chi connectivity index (χ1) is 12.8. The van der Waals surface area contributed by atoms with Crippen LogP contribution in [0.15, 0.2) is 23.8 Å². The third-order valence-corrected chi connectivity index (χ3v) is 5.45. The lowest BCUT2D eigenvalue weighted by molar-refractivity contribution is -0.137. The lowest BCUT2D eigenvalue weighted by atomic mass is 9.99. The number of nitrogens with one attached hydrogen (secondary N) is 1. The molecule has 0 radical (unpaired) electrons. The molecule has 1 aliphatic rings. The van der Waals surface area contributed by atoms with Crippen LogP contribution in [0.5, 0.6) is 11.6 Å². The number of ketones is 1. The molecule has 2 aromatic rings. The number of hydrogen-bond donors (Lipinski definition) is 3. The zero-order chi connectivity index (χ0) is 19.7. The maximum absolute atomic E-state index is 12.7.